The molecule has 118 valence electrons. The van der Waals surface area contributed by atoms with Crippen LogP contribution in [0.4, 0.5) is 13.2 Å². The maximum atomic E-state index is 12.4. The number of nitrogens with zero attached hydrogens (tertiary/aromatic N) is 3. The standard InChI is InChI=1S/C13H19F3N4O/c1-2-19-6-3-4-10(19)8-17-12(21)9-20-7-5-11(18-20)13(14,15)16/h5,7,10H,2-4,6,8-9H2,1H3,(H,17,21). The van der Waals surface area contributed by atoms with Gasteiger partial charge in [-0.25, -0.2) is 0 Å². The molecule has 0 saturated carbocycles. The summed E-state index contributed by atoms with van der Waals surface area (Å²) in [4.78, 5) is 14.0. The van der Waals surface area contributed by atoms with Crippen LogP contribution < -0.4 is 5.32 Å². The van der Waals surface area contributed by atoms with Crippen molar-refractivity contribution in [2.75, 3.05) is 19.6 Å². The summed E-state index contributed by atoms with van der Waals surface area (Å²) in [5.41, 5.74) is -0.983. The van der Waals surface area contributed by atoms with Gasteiger partial charge in [0.25, 0.3) is 0 Å². The normalized spacial score (nSPS) is 19.9. The number of alkyl halides is 3. The van der Waals surface area contributed by atoms with Crippen molar-refractivity contribution in [1.29, 1.82) is 0 Å². The highest BCUT2D eigenvalue weighted by Gasteiger charge is 2.33. The van der Waals surface area contributed by atoms with Crippen molar-refractivity contribution < 1.29 is 18.0 Å². The summed E-state index contributed by atoms with van der Waals surface area (Å²) < 4.78 is 38.2. The molecule has 0 spiro atoms. The maximum Gasteiger partial charge on any atom is 0.435 e. The minimum absolute atomic E-state index is 0.199. The molecule has 1 fully saturated rings. The zero-order valence-electron chi connectivity index (χ0n) is 11.9. The number of nitrogens with one attached hydrogen (secondary N) is 1. The number of carbonyl (C=O) groups excluding carboxylic acids is 1. The second-order valence-corrected chi connectivity index (χ2v) is 5.13. The first kappa shape index (κ1) is 15.8. The van der Waals surface area contributed by atoms with Crippen molar-refractivity contribution in [1.82, 2.24) is 20.0 Å². The fourth-order valence-electron chi connectivity index (χ4n) is 2.58. The molecule has 0 aliphatic carbocycles. The number of hydrogen-bond acceptors (Lipinski definition) is 3. The van der Waals surface area contributed by atoms with Gasteiger partial charge in [0, 0.05) is 18.8 Å². The molecule has 1 aliphatic heterocycles. The van der Waals surface area contributed by atoms with Gasteiger partial charge >= 0.3 is 6.18 Å². The molecular weight excluding hydrogens is 285 g/mol. The molecule has 5 nitrogen and oxygen atoms in total. The summed E-state index contributed by atoms with van der Waals surface area (Å²) in [5, 5.41) is 6.12. The summed E-state index contributed by atoms with van der Waals surface area (Å²) in [7, 11) is 0. The van der Waals surface area contributed by atoms with Crippen LogP contribution in [-0.2, 0) is 17.5 Å². The Labute approximate surface area is 121 Å². The highest BCUT2D eigenvalue weighted by atomic mass is 19.4. The van der Waals surface area contributed by atoms with Gasteiger partial charge in [-0.1, -0.05) is 6.92 Å². The van der Waals surface area contributed by atoms with Crippen molar-refractivity contribution in [3.05, 3.63) is 18.0 Å². The zero-order chi connectivity index (χ0) is 15.5. The summed E-state index contributed by atoms with van der Waals surface area (Å²) in [6.45, 7) is 4.37. The van der Waals surface area contributed by atoms with Gasteiger partial charge in [-0.2, -0.15) is 18.3 Å². The fourth-order valence-corrected chi connectivity index (χ4v) is 2.58. The van der Waals surface area contributed by atoms with Crippen molar-refractivity contribution in [3.8, 4) is 0 Å². The van der Waals surface area contributed by atoms with Gasteiger partial charge < -0.3 is 5.32 Å². The average Bonchev–Trinajstić information content (AvgIpc) is 3.03. The van der Waals surface area contributed by atoms with E-state index >= 15 is 0 Å². The van der Waals surface area contributed by atoms with E-state index in [1.165, 1.54) is 0 Å². The Hall–Kier alpha value is -1.57. The van der Waals surface area contributed by atoms with Crippen molar-refractivity contribution in [2.24, 2.45) is 0 Å². The van der Waals surface area contributed by atoms with Gasteiger partial charge in [0.2, 0.25) is 5.91 Å². The van der Waals surface area contributed by atoms with Gasteiger partial charge in [0.1, 0.15) is 6.54 Å². The van der Waals surface area contributed by atoms with Gasteiger partial charge in [0.15, 0.2) is 5.69 Å². The molecule has 1 aromatic rings. The first-order valence-corrected chi connectivity index (χ1v) is 7.01. The van der Waals surface area contributed by atoms with Crippen LogP contribution in [0.25, 0.3) is 0 Å². The van der Waals surface area contributed by atoms with Crippen LogP contribution >= 0.6 is 0 Å². The number of halogens is 3. The van der Waals surface area contributed by atoms with E-state index in [0.29, 0.717) is 12.6 Å². The molecule has 1 atom stereocenters. The highest BCUT2D eigenvalue weighted by Crippen LogP contribution is 2.27. The Bertz CT molecular complexity index is 486. The van der Waals surface area contributed by atoms with Gasteiger partial charge in [0.05, 0.1) is 0 Å². The molecule has 1 saturated heterocycles. The molecule has 8 heteroatoms. The number of likely N-dealkylation sites (N-methyl/N-ethyl adjacent to an activating group) is 1. The zero-order valence-corrected chi connectivity index (χ0v) is 11.9. The second-order valence-electron chi connectivity index (χ2n) is 5.13. The third kappa shape index (κ3) is 4.20. The van der Waals surface area contributed by atoms with Crippen LogP contribution in [0.5, 0.6) is 0 Å². The van der Waals surface area contributed by atoms with E-state index in [2.05, 4.69) is 22.2 Å². The number of carbonyl (C=O) groups is 1. The van der Waals surface area contributed by atoms with Crippen LogP contribution in [0.15, 0.2) is 12.3 Å². The van der Waals surface area contributed by atoms with Crippen LogP contribution in [0.2, 0.25) is 0 Å². The lowest BCUT2D eigenvalue weighted by Gasteiger charge is -2.22. The SMILES string of the molecule is CCN1CCCC1CNC(=O)Cn1ccc(C(F)(F)F)n1. The summed E-state index contributed by atoms with van der Waals surface area (Å²) in [6.07, 6.45) is -1.17. The summed E-state index contributed by atoms with van der Waals surface area (Å²) in [6, 6.07) is 1.19. The molecule has 0 bridgehead atoms. The first-order valence-electron chi connectivity index (χ1n) is 7.01. The Balaban J connectivity index is 1.81. The molecule has 2 rings (SSSR count). The minimum atomic E-state index is -4.48. The monoisotopic (exact) mass is 304 g/mol. The van der Waals surface area contributed by atoms with Gasteiger partial charge in [-0.3, -0.25) is 14.4 Å². The predicted octanol–water partition coefficient (Wildman–Crippen LogP) is 1.50. The maximum absolute atomic E-state index is 12.4. The largest absolute Gasteiger partial charge is 0.435 e. The smallest absolute Gasteiger partial charge is 0.353 e. The Morgan fingerprint density at radius 2 is 2.29 bits per heavy atom. The van der Waals surface area contributed by atoms with Gasteiger partial charge in [-0.15, -0.1) is 0 Å². The van der Waals surface area contributed by atoms with E-state index in [1.54, 1.807) is 0 Å². The van der Waals surface area contributed by atoms with Crippen LogP contribution in [0.3, 0.4) is 0 Å². The third-order valence-corrected chi connectivity index (χ3v) is 3.68. The lowest BCUT2D eigenvalue weighted by Crippen LogP contribution is -2.41. The van der Waals surface area contributed by atoms with E-state index in [4.69, 9.17) is 0 Å². The second kappa shape index (κ2) is 6.46. The van der Waals surface area contributed by atoms with E-state index < -0.39 is 11.9 Å². The van der Waals surface area contributed by atoms with E-state index in [-0.39, 0.29) is 12.5 Å². The minimum Gasteiger partial charge on any atom is -0.353 e. The lowest BCUT2D eigenvalue weighted by molar-refractivity contribution is -0.141. The quantitative estimate of drug-likeness (QED) is 0.897. The van der Waals surface area contributed by atoms with E-state index in [9.17, 15) is 18.0 Å². The Morgan fingerprint density at radius 1 is 1.52 bits per heavy atom. The van der Waals surface area contributed by atoms with Crippen LogP contribution in [-0.4, -0.2) is 46.3 Å². The van der Waals surface area contributed by atoms with Crippen LogP contribution in [0, 0.1) is 0 Å². The van der Waals surface area contributed by atoms with E-state index in [0.717, 1.165) is 42.9 Å². The third-order valence-electron chi connectivity index (χ3n) is 3.68. The predicted molar refractivity (Wildman–Crippen MR) is 70.5 cm³/mol. The number of hydrogen-bond donors (Lipinski definition) is 1. The highest BCUT2D eigenvalue weighted by molar-refractivity contribution is 5.75. The molecule has 21 heavy (non-hydrogen) atoms. The molecule has 1 unspecified atom stereocenters. The molecule has 1 amide bonds. The summed E-state index contributed by atoms with van der Waals surface area (Å²) >= 11 is 0. The lowest BCUT2D eigenvalue weighted by atomic mass is 10.2. The fraction of sp³-hybridized carbons (Fsp3) is 0.692. The van der Waals surface area contributed by atoms with Gasteiger partial charge in [-0.05, 0) is 32.0 Å². The molecule has 1 aliphatic rings. The topological polar surface area (TPSA) is 50.2 Å². The number of rotatable bonds is 5. The van der Waals surface area contributed by atoms with Crippen molar-refractivity contribution in [3.63, 3.8) is 0 Å². The first-order chi connectivity index (χ1) is 9.90. The average molecular weight is 304 g/mol. The van der Waals surface area contributed by atoms with E-state index in [1.807, 2.05) is 0 Å². The number of aromatic nitrogens is 2. The molecule has 0 radical (unpaired) electrons. The molecule has 1 aromatic heterocycles. The van der Waals surface area contributed by atoms with Crippen molar-refractivity contribution >= 4 is 5.91 Å². The Kier molecular flexibility index (Phi) is 4.87. The Morgan fingerprint density at radius 3 is 2.90 bits per heavy atom. The summed E-state index contributed by atoms with van der Waals surface area (Å²) in [5.74, 6) is -0.324. The molecular formula is C13H19F3N4O. The molecule has 2 heterocycles. The number of likely N-dealkylation sites (tertiary alicyclic amines) is 1. The number of amides is 1. The molecule has 0 aromatic carbocycles. The molecule has 1 N–H and O–H groups in total. The van der Waals surface area contributed by atoms with Crippen LogP contribution in [0.1, 0.15) is 25.5 Å². The van der Waals surface area contributed by atoms with Crippen molar-refractivity contribution in [2.45, 2.75) is 38.5 Å².